The zero-order valence-electron chi connectivity index (χ0n) is 20.5. The normalized spacial score (nSPS) is 16.2. The predicted molar refractivity (Wildman–Crippen MR) is 140 cm³/mol. The summed E-state index contributed by atoms with van der Waals surface area (Å²) in [6.45, 7) is 5.47. The second-order valence-corrected chi connectivity index (χ2v) is 9.64. The van der Waals surface area contributed by atoms with Crippen LogP contribution in [0.2, 0.25) is 5.02 Å². The molecule has 194 valence electrons. The van der Waals surface area contributed by atoms with Crippen LogP contribution in [0.3, 0.4) is 0 Å². The molecule has 3 aromatic rings. The number of carbonyl (C=O) groups excluding carboxylic acids is 1. The summed E-state index contributed by atoms with van der Waals surface area (Å²) in [5.74, 6) is 0.159. The third-order valence-corrected chi connectivity index (χ3v) is 6.87. The lowest BCUT2D eigenvalue weighted by molar-refractivity contribution is -0.594. The fraction of sp³-hybridized carbons (Fsp3) is 0.346. The molecule has 1 amide bonds. The Kier molecular flexibility index (Phi) is 7.40. The molecule has 0 unspecified atom stereocenters. The first kappa shape index (κ1) is 25.2. The minimum absolute atomic E-state index is 0.0962. The summed E-state index contributed by atoms with van der Waals surface area (Å²) >= 11 is 6.06. The van der Waals surface area contributed by atoms with Crippen LogP contribution in [0.1, 0.15) is 6.42 Å². The van der Waals surface area contributed by atoms with Crippen LogP contribution in [0.15, 0.2) is 48.8 Å². The number of hydrogen-bond acceptors (Lipinski definition) is 7. The highest BCUT2D eigenvalue weighted by Crippen LogP contribution is 2.38. The Bertz CT molecular complexity index is 1300. The number of amides is 1. The van der Waals surface area contributed by atoms with Crippen molar-refractivity contribution in [2.75, 3.05) is 63.1 Å². The number of hydrogen-bond donors (Lipinski definition) is 1. The molecule has 0 atom stereocenters. The van der Waals surface area contributed by atoms with Crippen LogP contribution in [0.5, 0.6) is 5.75 Å². The molecular weight excluding hydrogens is 499 g/mol. The molecule has 0 saturated carbocycles. The quantitative estimate of drug-likeness (QED) is 0.389. The van der Waals surface area contributed by atoms with Crippen LogP contribution in [0.4, 0.5) is 21.6 Å². The number of benzene rings is 1. The number of nitrogens with zero attached hydrogens (tertiary/aromatic N) is 5. The highest BCUT2D eigenvalue weighted by molar-refractivity contribution is 6.30. The second-order valence-electron chi connectivity index (χ2n) is 9.20. The zero-order valence-corrected chi connectivity index (χ0v) is 21.2. The van der Waals surface area contributed by atoms with Gasteiger partial charge in [-0.3, -0.25) is 4.79 Å². The van der Waals surface area contributed by atoms with Gasteiger partial charge in [-0.05, 0) is 31.3 Å². The van der Waals surface area contributed by atoms with Crippen LogP contribution in [-0.4, -0.2) is 73.6 Å². The molecule has 1 fully saturated rings. The van der Waals surface area contributed by atoms with E-state index in [9.17, 15) is 14.4 Å². The van der Waals surface area contributed by atoms with E-state index in [1.807, 2.05) is 11.0 Å². The largest absolute Gasteiger partial charge is 0.618 e. The average Bonchev–Trinajstić information content (AvgIpc) is 2.89. The monoisotopic (exact) mass is 526 g/mol. The van der Waals surface area contributed by atoms with Crippen LogP contribution < -0.4 is 19.7 Å². The van der Waals surface area contributed by atoms with Crippen molar-refractivity contribution in [1.29, 1.82) is 0 Å². The first-order valence-corrected chi connectivity index (χ1v) is 12.5. The highest BCUT2D eigenvalue weighted by atomic mass is 35.5. The lowest BCUT2D eigenvalue weighted by Crippen LogP contribution is -2.45. The van der Waals surface area contributed by atoms with Crippen LogP contribution in [0, 0.1) is 11.0 Å². The number of likely N-dealkylation sites (N-methyl/N-ethyl adjacent to an activating group) is 1. The maximum absolute atomic E-state index is 14.6. The van der Waals surface area contributed by atoms with E-state index >= 15 is 0 Å². The Morgan fingerprint density at radius 1 is 1.19 bits per heavy atom. The second kappa shape index (κ2) is 10.9. The van der Waals surface area contributed by atoms with Gasteiger partial charge in [-0.2, -0.15) is 4.73 Å². The van der Waals surface area contributed by atoms with Gasteiger partial charge in [0.1, 0.15) is 18.2 Å². The van der Waals surface area contributed by atoms with E-state index in [-0.39, 0.29) is 17.2 Å². The van der Waals surface area contributed by atoms with E-state index in [1.165, 1.54) is 24.4 Å². The number of nitrogens with one attached hydrogen (secondary N) is 1. The van der Waals surface area contributed by atoms with Crippen LogP contribution in [0.25, 0.3) is 11.3 Å². The van der Waals surface area contributed by atoms with Gasteiger partial charge in [-0.1, -0.05) is 11.6 Å². The van der Waals surface area contributed by atoms with Crippen molar-refractivity contribution >= 4 is 34.7 Å². The van der Waals surface area contributed by atoms with Gasteiger partial charge in [0.15, 0.2) is 0 Å². The number of fused-ring (bicyclic) bond motifs is 1. The third kappa shape index (κ3) is 5.76. The van der Waals surface area contributed by atoms with E-state index in [0.29, 0.717) is 53.1 Å². The number of rotatable bonds is 6. The van der Waals surface area contributed by atoms with E-state index in [0.717, 1.165) is 31.9 Å². The van der Waals surface area contributed by atoms with E-state index in [1.54, 1.807) is 18.3 Å². The zero-order chi connectivity index (χ0) is 25.9. The van der Waals surface area contributed by atoms with E-state index in [4.69, 9.17) is 16.3 Å². The van der Waals surface area contributed by atoms with Gasteiger partial charge in [0.25, 0.3) is 0 Å². The Morgan fingerprint density at radius 2 is 2.00 bits per heavy atom. The molecule has 0 bridgehead atoms. The molecule has 5 rings (SSSR count). The molecule has 0 radical (unpaired) electrons. The SMILES string of the molecule is CN1CCN(CCC(=O)Nc2cc(N3CCOc4c[n+]([O-])c(-c5cc(Cl)ccc5F)cc43)ccn2)CC1. The average molecular weight is 527 g/mol. The Labute approximate surface area is 219 Å². The van der Waals surface area contributed by atoms with Gasteiger partial charge in [0.05, 0.1) is 17.8 Å². The number of aromatic nitrogens is 2. The fourth-order valence-electron chi connectivity index (χ4n) is 4.55. The van der Waals surface area contributed by atoms with Crippen molar-refractivity contribution in [3.8, 4) is 17.0 Å². The number of carbonyl (C=O) groups is 1. The summed E-state index contributed by atoms with van der Waals surface area (Å²) in [6, 6.07) is 9.26. The minimum atomic E-state index is -0.553. The van der Waals surface area contributed by atoms with Gasteiger partial charge in [0.2, 0.25) is 23.5 Å². The molecule has 2 aliphatic rings. The standard InChI is InChI=1S/C26H28ClFN6O3/c1-31-8-10-32(11-9-31)7-5-26(35)30-25-15-19(4-6-29-25)33-12-13-37-24-17-34(36)22(16-23(24)33)20-14-18(27)2-3-21(20)28/h2-4,6,14-17H,5,7-13H2,1H3,(H,29,30,35). The number of pyridine rings is 2. The lowest BCUT2D eigenvalue weighted by atomic mass is 10.1. The highest BCUT2D eigenvalue weighted by Gasteiger charge is 2.27. The molecule has 37 heavy (non-hydrogen) atoms. The molecule has 2 aliphatic heterocycles. The smallest absolute Gasteiger partial charge is 0.229 e. The Balaban J connectivity index is 1.34. The van der Waals surface area contributed by atoms with Crippen molar-refractivity contribution in [3.05, 3.63) is 64.8 Å². The molecule has 0 spiro atoms. The third-order valence-electron chi connectivity index (χ3n) is 6.64. The van der Waals surface area contributed by atoms with Crippen molar-refractivity contribution in [3.63, 3.8) is 0 Å². The van der Waals surface area contributed by atoms with Crippen molar-refractivity contribution < 1.29 is 18.7 Å². The summed E-state index contributed by atoms with van der Waals surface area (Å²) in [7, 11) is 2.10. The molecule has 1 aromatic carbocycles. The van der Waals surface area contributed by atoms with Gasteiger partial charge in [0, 0.05) is 68.2 Å². The van der Waals surface area contributed by atoms with Gasteiger partial charge >= 0.3 is 0 Å². The molecular formula is C26H28ClFN6O3. The first-order chi connectivity index (χ1) is 17.9. The van der Waals surface area contributed by atoms with Crippen molar-refractivity contribution in [2.24, 2.45) is 0 Å². The van der Waals surface area contributed by atoms with Crippen LogP contribution in [-0.2, 0) is 4.79 Å². The van der Waals surface area contributed by atoms with Crippen LogP contribution >= 0.6 is 11.6 Å². The predicted octanol–water partition coefficient (Wildman–Crippen LogP) is 3.28. The van der Waals surface area contributed by atoms with Gasteiger partial charge in [-0.25, -0.2) is 9.37 Å². The molecule has 9 nitrogen and oxygen atoms in total. The molecule has 0 aliphatic carbocycles. The molecule has 11 heteroatoms. The molecule has 4 heterocycles. The number of anilines is 3. The van der Waals surface area contributed by atoms with E-state index in [2.05, 4.69) is 27.1 Å². The number of ether oxygens (including phenoxy) is 1. The molecule has 1 N–H and O–H groups in total. The first-order valence-electron chi connectivity index (χ1n) is 12.2. The van der Waals surface area contributed by atoms with E-state index < -0.39 is 5.82 Å². The number of piperazine rings is 1. The Morgan fingerprint density at radius 3 is 2.81 bits per heavy atom. The molecule has 2 aromatic heterocycles. The summed E-state index contributed by atoms with van der Waals surface area (Å²) < 4.78 is 20.8. The molecule has 1 saturated heterocycles. The summed E-state index contributed by atoms with van der Waals surface area (Å²) in [6.07, 6.45) is 3.29. The topological polar surface area (TPSA) is 87.9 Å². The fourth-order valence-corrected chi connectivity index (χ4v) is 4.72. The number of halogens is 2. The van der Waals surface area contributed by atoms with Gasteiger partial charge < -0.3 is 30.0 Å². The maximum atomic E-state index is 14.6. The summed E-state index contributed by atoms with van der Waals surface area (Å²) in [5, 5.41) is 15.9. The van der Waals surface area contributed by atoms with Gasteiger partial charge in [-0.15, -0.1) is 0 Å². The maximum Gasteiger partial charge on any atom is 0.229 e. The summed E-state index contributed by atoms with van der Waals surface area (Å²) in [4.78, 5) is 23.4. The van der Waals surface area contributed by atoms with Crippen molar-refractivity contribution in [2.45, 2.75) is 6.42 Å². The summed E-state index contributed by atoms with van der Waals surface area (Å²) in [5.41, 5.74) is 1.57. The van der Waals surface area contributed by atoms with Crippen molar-refractivity contribution in [1.82, 2.24) is 14.8 Å². The lowest BCUT2D eigenvalue weighted by Gasteiger charge is -2.32. The Hall–Kier alpha value is -3.47. The minimum Gasteiger partial charge on any atom is -0.618 e.